The summed E-state index contributed by atoms with van der Waals surface area (Å²) in [6.07, 6.45) is -1.44. The van der Waals surface area contributed by atoms with E-state index in [1.54, 1.807) is 30.3 Å². The number of piperidine rings is 1. The number of alkyl halides is 2. The van der Waals surface area contributed by atoms with Crippen LogP contribution < -0.4 is 10.1 Å². The number of anilines is 1. The van der Waals surface area contributed by atoms with Crippen LogP contribution >= 0.6 is 0 Å². The number of halogens is 2. The van der Waals surface area contributed by atoms with Gasteiger partial charge in [-0.1, -0.05) is 6.07 Å². The standard InChI is InChI=1S/C23H22F2N4O4/c24-17-9-16(17)23(32)28-21-8-14(3-5-27-21)13-1-2-19(15(7-13)10-26)33-20-4-6-29(11-18(20)25)22(31)12-30/h1-3,5,7-8,16-18,20,30H,4,6,9,11-12H2,(H,27,28,32). The summed E-state index contributed by atoms with van der Waals surface area (Å²) in [5.41, 5.74) is 1.54. The van der Waals surface area contributed by atoms with Crippen molar-refractivity contribution in [2.24, 2.45) is 5.92 Å². The molecule has 2 fully saturated rings. The lowest BCUT2D eigenvalue weighted by atomic mass is 10.0. The lowest BCUT2D eigenvalue weighted by molar-refractivity contribution is -0.138. The predicted molar refractivity (Wildman–Crippen MR) is 114 cm³/mol. The number of hydrogen-bond donors (Lipinski definition) is 2. The monoisotopic (exact) mass is 456 g/mol. The molecule has 1 aromatic heterocycles. The van der Waals surface area contributed by atoms with E-state index < -0.39 is 42.8 Å². The van der Waals surface area contributed by atoms with E-state index in [-0.39, 0.29) is 43.1 Å². The summed E-state index contributed by atoms with van der Waals surface area (Å²) in [4.78, 5) is 28.8. The van der Waals surface area contributed by atoms with Crippen LogP contribution in [0.1, 0.15) is 18.4 Å². The molecule has 2 aliphatic rings. The first kappa shape index (κ1) is 22.6. The van der Waals surface area contributed by atoms with Gasteiger partial charge in [0.1, 0.15) is 36.5 Å². The molecule has 0 radical (unpaired) electrons. The predicted octanol–water partition coefficient (Wildman–Crippen LogP) is 2.23. The van der Waals surface area contributed by atoms with E-state index in [0.717, 1.165) is 0 Å². The quantitative estimate of drug-likeness (QED) is 0.689. The molecule has 2 heterocycles. The van der Waals surface area contributed by atoms with Gasteiger partial charge in [0, 0.05) is 19.2 Å². The van der Waals surface area contributed by atoms with Crippen LogP contribution in [0.2, 0.25) is 0 Å². The summed E-state index contributed by atoms with van der Waals surface area (Å²) in [6.45, 7) is -0.602. The second kappa shape index (κ2) is 9.50. The average Bonchev–Trinajstić information content (AvgIpc) is 3.57. The van der Waals surface area contributed by atoms with Crippen molar-refractivity contribution < 1.29 is 28.2 Å². The van der Waals surface area contributed by atoms with Crippen molar-refractivity contribution in [3.05, 3.63) is 42.1 Å². The fraction of sp³-hybridized carbons (Fsp3) is 0.391. The first-order valence-corrected chi connectivity index (χ1v) is 10.5. The highest BCUT2D eigenvalue weighted by atomic mass is 19.1. The fourth-order valence-electron chi connectivity index (χ4n) is 3.74. The number of carbonyl (C=O) groups excluding carboxylic acids is 2. The van der Waals surface area contributed by atoms with Crippen LogP contribution in [0.15, 0.2) is 36.5 Å². The minimum atomic E-state index is -1.46. The molecule has 8 nitrogen and oxygen atoms in total. The lowest BCUT2D eigenvalue weighted by Crippen LogP contribution is -2.50. The van der Waals surface area contributed by atoms with Crippen molar-refractivity contribution in [1.29, 1.82) is 5.26 Å². The molecule has 1 saturated carbocycles. The summed E-state index contributed by atoms with van der Waals surface area (Å²) in [5.74, 6) is -1.08. The van der Waals surface area contributed by atoms with E-state index in [1.165, 1.54) is 11.1 Å². The molecule has 1 aliphatic heterocycles. The van der Waals surface area contributed by atoms with Crippen LogP contribution in [0, 0.1) is 17.2 Å². The zero-order valence-corrected chi connectivity index (χ0v) is 17.6. The van der Waals surface area contributed by atoms with Gasteiger partial charge in [0.15, 0.2) is 6.17 Å². The zero-order chi connectivity index (χ0) is 23.5. The molecule has 0 spiro atoms. The number of aliphatic hydroxyl groups excluding tert-OH is 1. The molecular weight excluding hydrogens is 434 g/mol. The third-order valence-corrected chi connectivity index (χ3v) is 5.74. The largest absolute Gasteiger partial charge is 0.486 e. The number of nitrogens with one attached hydrogen (secondary N) is 1. The minimum absolute atomic E-state index is 0.181. The molecule has 1 saturated heterocycles. The topological polar surface area (TPSA) is 116 Å². The van der Waals surface area contributed by atoms with Crippen LogP contribution in [-0.4, -0.2) is 64.9 Å². The van der Waals surface area contributed by atoms with E-state index in [1.807, 2.05) is 6.07 Å². The van der Waals surface area contributed by atoms with Crippen LogP contribution in [0.25, 0.3) is 11.1 Å². The van der Waals surface area contributed by atoms with E-state index in [2.05, 4.69) is 10.3 Å². The Morgan fingerprint density at radius 1 is 1.24 bits per heavy atom. The van der Waals surface area contributed by atoms with Crippen molar-refractivity contribution in [1.82, 2.24) is 9.88 Å². The second-order valence-corrected chi connectivity index (χ2v) is 8.06. The van der Waals surface area contributed by atoms with Crippen molar-refractivity contribution >= 4 is 17.6 Å². The van der Waals surface area contributed by atoms with Crippen LogP contribution in [0.5, 0.6) is 5.75 Å². The maximum atomic E-state index is 14.5. The number of benzene rings is 1. The Hall–Kier alpha value is -3.58. The number of carbonyl (C=O) groups is 2. The van der Waals surface area contributed by atoms with Gasteiger partial charge < -0.3 is 20.1 Å². The van der Waals surface area contributed by atoms with Crippen LogP contribution in [-0.2, 0) is 9.59 Å². The third kappa shape index (κ3) is 5.09. The highest BCUT2D eigenvalue weighted by molar-refractivity contribution is 5.94. The smallest absolute Gasteiger partial charge is 0.248 e. The van der Waals surface area contributed by atoms with Crippen molar-refractivity contribution in [3.63, 3.8) is 0 Å². The maximum Gasteiger partial charge on any atom is 0.248 e. The Kier molecular flexibility index (Phi) is 6.51. The number of nitrogens with zero attached hydrogens (tertiary/aromatic N) is 3. The van der Waals surface area contributed by atoms with Crippen molar-refractivity contribution in [2.45, 2.75) is 31.3 Å². The molecule has 0 bridgehead atoms. The van der Waals surface area contributed by atoms with Gasteiger partial charge in [-0.15, -0.1) is 0 Å². The number of hydrogen-bond acceptors (Lipinski definition) is 6. The van der Waals surface area contributed by atoms with Gasteiger partial charge in [-0.2, -0.15) is 5.26 Å². The molecule has 4 unspecified atom stereocenters. The van der Waals surface area contributed by atoms with Crippen LogP contribution in [0.3, 0.4) is 0 Å². The molecule has 4 rings (SSSR count). The average molecular weight is 456 g/mol. The van der Waals surface area contributed by atoms with E-state index >= 15 is 0 Å². The molecule has 2 N–H and O–H groups in total. The molecule has 1 aliphatic carbocycles. The highest BCUT2D eigenvalue weighted by Crippen LogP contribution is 2.35. The Morgan fingerprint density at radius 3 is 2.67 bits per heavy atom. The molecule has 10 heteroatoms. The van der Waals surface area contributed by atoms with Gasteiger partial charge >= 0.3 is 0 Å². The molecule has 4 atom stereocenters. The SMILES string of the molecule is N#Cc1cc(-c2ccnc(NC(=O)C3CC3F)c2)ccc1OC1CCN(C(=O)CO)CC1F. The molecule has 1 aromatic carbocycles. The van der Waals surface area contributed by atoms with Gasteiger partial charge in [0.2, 0.25) is 11.8 Å². The number of aliphatic hydroxyl groups is 1. The normalized spacial score (nSPS) is 24.0. The number of nitriles is 1. The van der Waals surface area contributed by atoms with Crippen molar-refractivity contribution in [2.75, 3.05) is 25.0 Å². The summed E-state index contributed by atoms with van der Waals surface area (Å²) in [6, 6.07) is 10.2. The van der Waals surface area contributed by atoms with Gasteiger partial charge in [-0.3, -0.25) is 9.59 Å². The first-order valence-electron chi connectivity index (χ1n) is 10.5. The summed E-state index contributed by atoms with van der Waals surface area (Å²) < 4.78 is 33.4. The Morgan fingerprint density at radius 2 is 2.00 bits per heavy atom. The molecule has 33 heavy (non-hydrogen) atoms. The van der Waals surface area contributed by atoms with Crippen LogP contribution in [0.4, 0.5) is 14.6 Å². The lowest BCUT2D eigenvalue weighted by Gasteiger charge is -2.34. The number of likely N-dealkylation sites (tertiary alicyclic amines) is 1. The van der Waals surface area contributed by atoms with Gasteiger partial charge in [-0.05, 0) is 41.8 Å². The number of pyridine rings is 1. The maximum absolute atomic E-state index is 14.5. The second-order valence-electron chi connectivity index (χ2n) is 8.06. The van der Waals surface area contributed by atoms with E-state index in [9.17, 15) is 23.6 Å². The third-order valence-electron chi connectivity index (χ3n) is 5.74. The number of rotatable bonds is 6. The molecule has 2 amide bonds. The number of amides is 2. The Balaban J connectivity index is 1.46. The van der Waals surface area contributed by atoms with E-state index in [4.69, 9.17) is 9.84 Å². The number of aromatic nitrogens is 1. The molecular formula is C23H22F2N4O4. The summed E-state index contributed by atoms with van der Waals surface area (Å²) in [7, 11) is 0. The minimum Gasteiger partial charge on any atom is -0.486 e. The first-order chi connectivity index (χ1) is 15.9. The van der Waals surface area contributed by atoms with Gasteiger partial charge in [-0.25, -0.2) is 13.8 Å². The summed E-state index contributed by atoms with van der Waals surface area (Å²) in [5, 5.41) is 21.1. The Bertz CT molecular complexity index is 1110. The van der Waals surface area contributed by atoms with Gasteiger partial charge in [0.25, 0.3) is 0 Å². The highest BCUT2D eigenvalue weighted by Gasteiger charge is 2.43. The van der Waals surface area contributed by atoms with Gasteiger partial charge in [0.05, 0.1) is 18.0 Å². The summed E-state index contributed by atoms with van der Waals surface area (Å²) >= 11 is 0. The molecule has 172 valence electrons. The van der Waals surface area contributed by atoms with Crippen molar-refractivity contribution in [3.8, 4) is 22.9 Å². The zero-order valence-electron chi connectivity index (χ0n) is 17.6. The van der Waals surface area contributed by atoms with E-state index in [0.29, 0.717) is 11.1 Å². The molecule has 2 aromatic rings. The Labute approximate surface area is 188 Å². The number of ether oxygens (including phenoxy) is 1. The fourth-order valence-corrected chi connectivity index (χ4v) is 3.74.